The average Bonchev–Trinajstić information content (AvgIpc) is 2.40. The molecule has 0 aromatic carbocycles. The Labute approximate surface area is 113 Å². The summed E-state index contributed by atoms with van der Waals surface area (Å²) in [4.78, 5) is 10.9. The average molecular weight is 256 g/mol. The van der Waals surface area contributed by atoms with Gasteiger partial charge < -0.3 is 9.90 Å². The Kier molecular flexibility index (Phi) is 14.4. The van der Waals surface area contributed by atoms with Crippen LogP contribution < -0.4 is 0 Å². The van der Waals surface area contributed by atoms with Crippen molar-refractivity contribution >= 4 is 6.29 Å². The molecule has 2 heteroatoms. The molecule has 2 nitrogen and oxygen atoms in total. The second-order valence-electron chi connectivity index (χ2n) is 5.38. The lowest BCUT2D eigenvalue weighted by Gasteiger charge is -2.09. The van der Waals surface area contributed by atoms with Gasteiger partial charge in [0.1, 0.15) is 6.29 Å². The number of rotatable bonds is 14. The van der Waals surface area contributed by atoms with Crippen molar-refractivity contribution < 1.29 is 9.90 Å². The second kappa shape index (κ2) is 14.7. The molecule has 0 amide bonds. The van der Waals surface area contributed by atoms with Gasteiger partial charge in [0.25, 0.3) is 0 Å². The molecule has 0 aliphatic carbocycles. The largest absolute Gasteiger partial charge is 0.396 e. The van der Waals surface area contributed by atoms with Gasteiger partial charge in [-0.1, -0.05) is 64.7 Å². The number of unbranched alkanes of at least 4 members (excludes halogenated alkanes) is 8. The van der Waals surface area contributed by atoms with Crippen molar-refractivity contribution in [3.8, 4) is 0 Å². The maximum Gasteiger partial charge on any atom is 0.123 e. The van der Waals surface area contributed by atoms with Crippen molar-refractivity contribution in [3.05, 3.63) is 0 Å². The van der Waals surface area contributed by atoms with Crippen LogP contribution in [0.1, 0.15) is 84.0 Å². The van der Waals surface area contributed by atoms with Crippen molar-refractivity contribution in [2.24, 2.45) is 5.92 Å². The lowest BCUT2D eigenvalue weighted by Crippen LogP contribution is -2.02. The van der Waals surface area contributed by atoms with Crippen molar-refractivity contribution in [2.75, 3.05) is 6.61 Å². The molecule has 0 heterocycles. The molecule has 0 rings (SSSR count). The fourth-order valence-electron chi connectivity index (χ4n) is 2.34. The van der Waals surface area contributed by atoms with E-state index in [1.807, 2.05) is 0 Å². The minimum atomic E-state index is 0.305. The highest BCUT2D eigenvalue weighted by atomic mass is 16.2. The SMILES string of the molecule is CCCCCCC(C=O)CCCCCCCCO. The van der Waals surface area contributed by atoms with Gasteiger partial charge in [0.05, 0.1) is 0 Å². The van der Waals surface area contributed by atoms with E-state index in [9.17, 15) is 4.79 Å². The Balaban J connectivity index is 3.30. The molecule has 0 radical (unpaired) electrons. The minimum absolute atomic E-state index is 0.305. The van der Waals surface area contributed by atoms with Gasteiger partial charge in [-0.15, -0.1) is 0 Å². The topological polar surface area (TPSA) is 37.3 Å². The number of carbonyl (C=O) groups is 1. The van der Waals surface area contributed by atoms with Crippen LogP contribution >= 0.6 is 0 Å². The third kappa shape index (κ3) is 12.1. The van der Waals surface area contributed by atoms with Crippen molar-refractivity contribution in [1.29, 1.82) is 0 Å². The first-order valence-electron chi connectivity index (χ1n) is 7.91. The molecular weight excluding hydrogens is 224 g/mol. The lowest BCUT2D eigenvalue weighted by atomic mass is 9.95. The van der Waals surface area contributed by atoms with Crippen LogP contribution in [0.3, 0.4) is 0 Å². The summed E-state index contributed by atoms with van der Waals surface area (Å²) in [6.45, 7) is 2.54. The summed E-state index contributed by atoms with van der Waals surface area (Å²) in [7, 11) is 0. The predicted octanol–water partition coefficient (Wildman–Crippen LogP) is 4.49. The standard InChI is InChI=1S/C16H32O2/c1-2-3-4-9-12-16(15-18)13-10-7-5-6-8-11-14-17/h15-17H,2-14H2,1H3. The zero-order valence-corrected chi connectivity index (χ0v) is 12.2. The highest BCUT2D eigenvalue weighted by molar-refractivity contribution is 5.53. The molecule has 0 spiro atoms. The highest BCUT2D eigenvalue weighted by Gasteiger charge is 2.06. The van der Waals surface area contributed by atoms with Crippen LogP contribution in [0.2, 0.25) is 0 Å². The second-order valence-corrected chi connectivity index (χ2v) is 5.38. The van der Waals surface area contributed by atoms with E-state index in [1.54, 1.807) is 0 Å². The molecule has 18 heavy (non-hydrogen) atoms. The van der Waals surface area contributed by atoms with E-state index in [0.717, 1.165) is 32.0 Å². The third-order valence-corrected chi connectivity index (χ3v) is 3.60. The first-order chi connectivity index (χ1) is 8.85. The van der Waals surface area contributed by atoms with E-state index in [-0.39, 0.29) is 0 Å². The van der Waals surface area contributed by atoms with Gasteiger partial charge in [0, 0.05) is 12.5 Å². The number of hydrogen-bond acceptors (Lipinski definition) is 2. The molecule has 1 unspecified atom stereocenters. The molecule has 0 bridgehead atoms. The number of aliphatic hydroxyl groups is 1. The molecule has 0 saturated heterocycles. The number of carbonyl (C=O) groups excluding carboxylic acids is 1. The summed E-state index contributed by atoms with van der Waals surface area (Å²) in [5.41, 5.74) is 0. The molecule has 108 valence electrons. The zero-order chi connectivity index (χ0) is 13.5. The fourth-order valence-corrected chi connectivity index (χ4v) is 2.34. The minimum Gasteiger partial charge on any atom is -0.396 e. The van der Waals surface area contributed by atoms with Crippen LogP contribution in [-0.2, 0) is 4.79 Å². The molecule has 0 aromatic rings. The maximum absolute atomic E-state index is 10.9. The smallest absolute Gasteiger partial charge is 0.123 e. The van der Waals surface area contributed by atoms with Crippen molar-refractivity contribution in [3.63, 3.8) is 0 Å². The summed E-state index contributed by atoms with van der Waals surface area (Å²) in [6.07, 6.45) is 15.4. The Bertz CT molecular complexity index is 168. The van der Waals surface area contributed by atoms with Crippen molar-refractivity contribution in [2.45, 2.75) is 84.0 Å². The Hall–Kier alpha value is -0.370. The number of aldehydes is 1. The van der Waals surface area contributed by atoms with Gasteiger partial charge in [-0.3, -0.25) is 0 Å². The normalized spacial score (nSPS) is 12.6. The summed E-state index contributed by atoms with van der Waals surface area (Å²) in [5.74, 6) is 0.305. The van der Waals surface area contributed by atoms with E-state index < -0.39 is 0 Å². The van der Waals surface area contributed by atoms with E-state index in [2.05, 4.69) is 6.92 Å². The maximum atomic E-state index is 10.9. The van der Waals surface area contributed by atoms with E-state index in [0.29, 0.717) is 12.5 Å². The first kappa shape index (κ1) is 17.6. The molecule has 1 N–H and O–H groups in total. The zero-order valence-electron chi connectivity index (χ0n) is 12.2. The van der Waals surface area contributed by atoms with E-state index >= 15 is 0 Å². The number of aliphatic hydroxyl groups excluding tert-OH is 1. The lowest BCUT2D eigenvalue weighted by molar-refractivity contribution is -0.111. The van der Waals surface area contributed by atoms with Crippen LogP contribution in [0.5, 0.6) is 0 Å². The van der Waals surface area contributed by atoms with E-state index in [4.69, 9.17) is 5.11 Å². The van der Waals surface area contributed by atoms with Crippen LogP contribution in [0.15, 0.2) is 0 Å². The van der Waals surface area contributed by atoms with Crippen LogP contribution in [-0.4, -0.2) is 18.0 Å². The van der Waals surface area contributed by atoms with E-state index in [1.165, 1.54) is 51.4 Å². The Morgan fingerprint density at radius 1 is 0.833 bits per heavy atom. The molecule has 0 saturated carbocycles. The third-order valence-electron chi connectivity index (χ3n) is 3.60. The summed E-state index contributed by atoms with van der Waals surface area (Å²) < 4.78 is 0. The molecule has 1 atom stereocenters. The van der Waals surface area contributed by atoms with Crippen LogP contribution in [0.25, 0.3) is 0 Å². The fraction of sp³-hybridized carbons (Fsp3) is 0.938. The van der Waals surface area contributed by atoms with Gasteiger partial charge >= 0.3 is 0 Å². The van der Waals surface area contributed by atoms with Gasteiger partial charge in [-0.05, 0) is 19.3 Å². The van der Waals surface area contributed by atoms with Gasteiger partial charge in [0.2, 0.25) is 0 Å². The summed E-state index contributed by atoms with van der Waals surface area (Å²) >= 11 is 0. The number of hydrogen-bond donors (Lipinski definition) is 1. The van der Waals surface area contributed by atoms with Gasteiger partial charge in [-0.25, -0.2) is 0 Å². The Morgan fingerprint density at radius 2 is 1.33 bits per heavy atom. The monoisotopic (exact) mass is 256 g/mol. The molecule has 0 fully saturated rings. The molecule has 0 aliphatic heterocycles. The molecule has 0 aromatic heterocycles. The first-order valence-corrected chi connectivity index (χ1v) is 7.91. The quantitative estimate of drug-likeness (QED) is 0.367. The molecule has 0 aliphatic rings. The predicted molar refractivity (Wildman–Crippen MR) is 77.7 cm³/mol. The molecular formula is C16H32O2. The van der Waals surface area contributed by atoms with Crippen molar-refractivity contribution in [1.82, 2.24) is 0 Å². The summed E-state index contributed by atoms with van der Waals surface area (Å²) in [6, 6.07) is 0. The van der Waals surface area contributed by atoms with Gasteiger partial charge in [0.15, 0.2) is 0 Å². The summed E-state index contributed by atoms with van der Waals surface area (Å²) in [5, 5.41) is 8.66. The van der Waals surface area contributed by atoms with Gasteiger partial charge in [-0.2, -0.15) is 0 Å². The Morgan fingerprint density at radius 3 is 1.83 bits per heavy atom. The van der Waals surface area contributed by atoms with Crippen LogP contribution in [0, 0.1) is 5.92 Å². The van der Waals surface area contributed by atoms with Crippen LogP contribution in [0.4, 0.5) is 0 Å². The highest BCUT2D eigenvalue weighted by Crippen LogP contribution is 2.16.